The first-order chi connectivity index (χ1) is 7.86. The lowest BCUT2D eigenvalue weighted by atomic mass is 10.0. The van der Waals surface area contributed by atoms with Crippen molar-refractivity contribution in [3.8, 4) is 0 Å². The first-order valence-corrected chi connectivity index (χ1v) is 5.35. The van der Waals surface area contributed by atoms with Gasteiger partial charge >= 0.3 is 6.18 Å². The Morgan fingerprint density at radius 2 is 1.94 bits per heavy atom. The predicted molar refractivity (Wildman–Crippen MR) is 55.7 cm³/mol. The van der Waals surface area contributed by atoms with E-state index in [0.29, 0.717) is 18.6 Å². The number of ketones is 1. The minimum atomic E-state index is -4.61. The van der Waals surface area contributed by atoms with Gasteiger partial charge in [-0.15, -0.1) is 11.6 Å². The van der Waals surface area contributed by atoms with Crippen molar-refractivity contribution >= 4 is 17.4 Å². The Kier molecular flexibility index (Phi) is 4.51. The van der Waals surface area contributed by atoms with Crippen LogP contribution in [0.3, 0.4) is 0 Å². The molecular weight excluding hydrogens is 260 g/mol. The first-order valence-electron chi connectivity index (χ1n) is 4.82. The van der Waals surface area contributed by atoms with E-state index >= 15 is 0 Å². The molecule has 0 radical (unpaired) electrons. The summed E-state index contributed by atoms with van der Waals surface area (Å²) in [5, 5.41) is 0. The Hall–Kier alpha value is -1.10. The summed E-state index contributed by atoms with van der Waals surface area (Å²) in [6, 6.07) is 1.87. The fourth-order valence-electron chi connectivity index (χ4n) is 1.28. The lowest BCUT2D eigenvalue weighted by Crippen LogP contribution is -2.08. The summed E-state index contributed by atoms with van der Waals surface area (Å²) in [4.78, 5) is 11.4. The molecular formula is C11H9ClF4O. The summed E-state index contributed by atoms with van der Waals surface area (Å²) >= 11 is 5.36. The number of Topliss-reactive ketones (excluding diaryl/α,β-unsaturated/α-hetero) is 1. The molecule has 0 aliphatic rings. The van der Waals surface area contributed by atoms with Crippen molar-refractivity contribution in [3.63, 3.8) is 0 Å². The fourth-order valence-corrected chi connectivity index (χ4v) is 1.41. The molecule has 0 spiro atoms. The van der Waals surface area contributed by atoms with Gasteiger partial charge in [0.25, 0.3) is 0 Å². The van der Waals surface area contributed by atoms with Gasteiger partial charge < -0.3 is 0 Å². The van der Waals surface area contributed by atoms with Crippen LogP contribution >= 0.6 is 11.6 Å². The molecule has 0 aromatic heterocycles. The average molecular weight is 269 g/mol. The monoisotopic (exact) mass is 268 g/mol. The molecule has 0 amide bonds. The maximum absolute atomic E-state index is 13.3. The standard InChI is InChI=1S/C11H9ClF4O/c12-5-1-2-10(17)8-4-3-7(6-9(8)13)11(14,15)16/h3-4,6H,1-2,5H2. The van der Waals surface area contributed by atoms with Crippen molar-refractivity contribution in [2.75, 3.05) is 5.88 Å². The Morgan fingerprint density at radius 1 is 1.29 bits per heavy atom. The van der Waals surface area contributed by atoms with Crippen LogP contribution in [0.25, 0.3) is 0 Å². The largest absolute Gasteiger partial charge is 0.416 e. The van der Waals surface area contributed by atoms with Crippen molar-refractivity contribution in [2.24, 2.45) is 0 Å². The zero-order valence-corrected chi connectivity index (χ0v) is 9.41. The molecule has 0 bridgehead atoms. The van der Waals surface area contributed by atoms with Crippen LogP contribution in [-0.4, -0.2) is 11.7 Å². The molecule has 1 aromatic carbocycles. The van der Waals surface area contributed by atoms with Gasteiger partial charge in [-0.3, -0.25) is 4.79 Å². The maximum Gasteiger partial charge on any atom is 0.416 e. The number of carbonyl (C=O) groups is 1. The van der Waals surface area contributed by atoms with E-state index in [9.17, 15) is 22.4 Å². The van der Waals surface area contributed by atoms with Gasteiger partial charge in [0.05, 0.1) is 11.1 Å². The van der Waals surface area contributed by atoms with Gasteiger partial charge in [0.1, 0.15) is 5.82 Å². The fraction of sp³-hybridized carbons (Fsp3) is 0.364. The zero-order valence-electron chi connectivity index (χ0n) is 8.65. The molecule has 0 saturated carbocycles. The van der Waals surface area contributed by atoms with Gasteiger partial charge in [-0.05, 0) is 24.6 Å². The van der Waals surface area contributed by atoms with Crippen molar-refractivity contribution in [2.45, 2.75) is 19.0 Å². The highest BCUT2D eigenvalue weighted by Crippen LogP contribution is 2.30. The molecule has 0 fully saturated rings. The number of halogens is 5. The van der Waals surface area contributed by atoms with Gasteiger partial charge in [-0.25, -0.2) is 4.39 Å². The Bertz CT molecular complexity index is 414. The topological polar surface area (TPSA) is 17.1 Å². The highest BCUT2D eigenvalue weighted by molar-refractivity contribution is 6.18. The second-order valence-corrected chi connectivity index (χ2v) is 3.79. The van der Waals surface area contributed by atoms with Crippen LogP contribution < -0.4 is 0 Å². The Labute approximate surface area is 100 Å². The lowest BCUT2D eigenvalue weighted by Gasteiger charge is -2.08. The quantitative estimate of drug-likeness (QED) is 0.457. The first kappa shape index (κ1) is 14.0. The van der Waals surface area contributed by atoms with Crippen molar-refractivity contribution in [1.29, 1.82) is 0 Å². The third-order valence-electron chi connectivity index (χ3n) is 2.13. The smallest absolute Gasteiger partial charge is 0.294 e. The molecule has 6 heteroatoms. The zero-order chi connectivity index (χ0) is 13.1. The van der Waals surface area contributed by atoms with Crippen LogP contribution in [0, 0.1) is 5.82 Å². The van der Waals surface area contributed by atoms with E-state index in [4.69, 9.17) is 11.6 Å². The SMILES string of the molecule is O=C(CCCCl)c1ccc(C(F)(F)F)cc1F. The molecule has 0 saturated heterocycles. The second-order valence-electron chi connectivity index (χ2n) is 3.41. The number of alkyl halides is 4. The highest BCUT2D eigenvalue weighted by Gasteiger charge is 2.31. The van der Waals surface area contributed by atoms with Crippen LogP contribution in [0.15, 0.2) is 18.2 Å². The number of benzene rings is 1. The number of rotatable bonds is 4. The summed E-state index contributed by atoms with van der Waals surface area (Å²) in [6.07, 6.45) is -4.23. The van der Waals surface area contributed by atoms with E-state index in [1.807, 2.05) is 0 Å². The molecule has 0 heterocycles. The van der Waals surface area contributed by atoms with Crippen molar-refractivity contribution < 1.29 is 22.4 Å². The van der Waals surface area contributed by atoms with Crippen molar-refractivity contribution in [1.82, 2.24) is 0 Å². The summed E-state index contributed by atoms with van der Waals surface area (Å²) in [6.45, 7) is 0. The summed E-state index contributed by atoms with van der Waals surface area (Å²) in [5.74, 6) is -1.45. The normalized spacial score (nSPS) is 11.6. The van der Waals surface area contributed by atoms with E-state index in [1.54, 1.807) is 0 Å². The molecule has 0 N–H and O–H groups in total. The van der Waals surface area contributed by atoms with Crippen LogP contribution in [0.2, 0.25) is 0 Å². The third-order valence-corrected chi connectivity index (χ3v) is 2.40. The van der Waals surface area contributed by atoms with Crippen LogP contribution in [-0.2, 0) is 6.18 Å². The molecule has 1 nitrogen and oxygen atoms in total. The average Bonchev–Trinajstić information content (AvgIpc) is 2.24. The lowest BCUT2D eigenvalue weighted by molar-refractivity contribution is -0.137. The molecule has 0 aliphatic carbocycles. The highest BCUT2D eigenvalue weighted by atomic mass is 35.5. The van der Waals surface area contributed by atoms with Gasteiger partial charge in [-0.2, -0.15) is 13.2 Å². The maximum atomic E-state index is 13.3. The molecule has 17 heavy (non-hydrogen) atoms. The van der Waals surface area contributed by atoms with E-state index in [1.165, 1.54) is 0 Å². The van der Waals surface area contributed by atoms with E-state index in [-0.39, 0.29) is 17.9 Å². The minimum absolute atomic E-state index is 0.0196. The Morgan fingerprint density at radius 3 is 2.41 bits per heavy atom. The third kappa shape index (κ3) is 3.70. The van der Waals surface area contributed by atoms with Gasteiger partial charge in [0.2, 0.25) is 0 Å². The van der Waals surface area contributed by atoms with Gasteiger partial charge in [-0.1, -0.05) is 0 Å². The Balaban J connectivity index is 2.94. The van der Waals surface area contributed by atoms with E-state index in [0.717, 1.165) is 6.07 Å². The van der Waals surface area contributed by atoms with Crippen molar-refractivity contribution in [3.05, 3.63) is 35.1 Å². The second kappa shape index (κ2) is 5.49. The number of hydrogen-bond acceptors (Lipinski definition) is 1. The van der Waals surface area contributed by atoms with Crippen LogP contribution in [0.1, 0.15) is 28.8 Å². The summed E-state index contributed by atoms with van der Waals surface area (Å²) in [5.41, 5.74) is -1.44. The molecule has 0 atom stereocenters. The number of carbonyl (C=O) groups excluding carboxylic acids is 1. The molecule has 1 rings (SSSR count). The van der Waals surface area contributed by atoms with E-state index < -0.39 is 23.3 Å². The minimum Gasteiger partial charge on any atom is -0.294 e. The van der Waals surface area contributed by atoms with Crippen LogP contribution in [0.4, 0.5) is 17.6 Å². The van der Waals surface area contributed by atoms with E-state index in [2.05, 4.69) is 0 Å². The molecule has 94 valence electrons. The molecule has 0 unspecified atom stereocenters. The molecule has 1 aromatic rings. The molecule has 0 aliphatic heterocycles. The predicted octanol–water partition coefficient (Wildman–Crippen LogP) is 4.05. The summed E-state index contributed by atoms with van der Waals surface area (Å²) in [7, 11) is 0. The van der Waals surface area contributed by atoms with Crippen LogP contribution in [0.5, 0.6) is 0 Å². The van der Waals surface area contributed by atoms with Gasteiger partial charge in [0, 0.05) is 12.3 Å². The number of hydrogen-bond donors (Lipinski definition) is 0. The van der Waals surface area contributed by atoms with Gasteiger partial charge in [0.15, 0.2) is 5.78 Å². The summed E-state index contributed by atoms with van der Waals surface area (Å²) < 4.78 is 50.0.